The fourth-order valence-electron chi connectivity index (χ4n) is 4.95. The van der Waals surface area contributed by atoms with E-state index < -0.39 is 12.1 Å². The summed E-state index contributed by atoms with van der Waals surface area (Å²) >= 11 is 0. The SMILES string of the molecule is N#C[C@H]1[C@@H](c2ccccc2-c2cccc(F)c2)[C@@H](CO)N1C(=O)C1CCCCC1. The highest BCUT2D eigenvalue weighted by atomic mass is 19.1. The average molecular weight is 392 g/mol. The second-order valence-corrected chi connectivity index (χ2v) is 8.03. The fourth-order valence-corrected chi connectivity index (χ4v) is 4.95. The maximum absolute atomic E-state index is 13.8. The first-order valence-electron chi connectivity index (χ1n) is 10.3. The summed E-state index contributed by atoms with van der Waals surface area (Å²) in [6.07, 6.45) is 4.94. The fraction of sp³-hybridized carbons (Fsp3) is 0.417. The Kier molecular flexibility index (Phi) is 5.64. The molecule has 0 radical (unpaired) electrons. The lowest BCUT2D eigenvalue weighted by atomic mass is 9.72. The number of rotatable bonds is 4. The first-order chi connectivity index (χ1) is 14.2. The molecule has 150 valence electrons. The largest absolute Gasteiger partial charge is 0.394 e. The van der Waals surface area contributed by atoms with Crippen LogP contribution in [0, 0.1) is 23.1 Å². The lowest BCUT2D eigenvalue weighted by Crippen LogP contribution is -2.66. The number of aliphatic hydroxyl groups is 1. The van der Waals surface area contributed by atoms with Crippen molar-refractivity contribution in [1.82, 2.24) is 4.90 Å². The number of aliphatic hydroxyl groups excluding tert-OH is 1. The maximum atomic E-state index is 13.8. The van der Waals surface area contributed by atoms with E-state index in [4.69, 9.17) is 0 Å². The molecule has 0 spiro atoms. The molecule has 2 aliphatic rings. The highest BCUT2D eigenvalue weighted by Crippen LogP contribution is 2.45. The van der Waals surface area contributed by atoms with Crippen molar-refractivity contribution in [1.29, 1.82) is 5.26 Å². The molecule has 1 N–H and O–H groups in total. The van der Waals surface area contributed by atoms with Crippen molar-refractivity contribution in [2.24, 2.45) is 5.92 Å². The number of hydrogen-bond acceptors (Lipinski definition) is 3. The van der Waals surface area contributed by atoms with Gasteiger partial charge in [0.15, 0.2) is 0 Å². The molecule has 1 saturated heterocycles. The van der Waals surface area contributed by atoms with Gasteiger partial charge in [-0.1, -0.05) is 55.7 Å². The summed E-state index contributed by atoms with van der Waals surface area (Å²) in [6, 6.07) is 15.2. The van der Waals surface area contributed by atoms with Gasteiger partial charge in [-0.25, -0.2) is 4.39 Å². The monoisotopic (exact) mass is 392 g/mol. The minimum Gasteiger partial charge on any atom is -0.394 e. The molecule has 1 saturated carbocycles. The predicted molar refractivity (Wildman–Crippen MR) is 108 cm³/mol. The number of carbonyl (C=O) groups excluding carboxylic acids is 1. The van der Waals surface area contributed by atoms with Crippen LogP contribution in [0.5, 0.6) is 0 Å². The minimum atomic E-state index is -0.615. The number of nitriles is 1. The molecule has 4 nitrogen and oxygen atoms in total. The van der Waals surface area contributed by atoms with Crippen molar-refractivity contribution in [2.75, 3.05) is 6.61 Å². The van der Waals surface area contributed by atoms with Crippen molar-refractivity contribution in [3.8, 4) is 17.2 Å². The third kappa shape index (κ3) is 3.54. The first kappa shape index (κ1) is 19.6. The van der Waals surface area contributed by atoms with E-state index in [0.717, 1.165) is 48.8 Å². The second kappa shape index (κ2) is 8.34. The van der Waals surface area contributed by atoms with Crippen molar-refractivity contribution in [2.45, 2.75) is 50.1 Å². The normalized spacial score (nSPS) is 24.6. The third-order valence-corrected chi connectivity index (χ3v) is 6.40. The molecule has 1 aliphatic heterocycles. The Morgan fingerprint density at radius 2 is 1.90 bits per heavy atom. The van der Waals surface area contributed by atoms with Crippen molar-refractivity contribution in [3.63, 3.8) is 0 Å². The van der Waals surface area contributed by atoms with Crippen LogP contribution in [0.1, 0.15) is 43.6 Å². The Hall–Kier alpha value is -2.71. The van der Waals surface area contributed by atoms with Crippen LogP contribution >= 0.6 is 0 Å². The van der Waals surface area contributed by atoms with Crippen LogP contribution in [0.25, 0.3) is 11.1 Å². The summed E-state index contributed by atoms with van der Waals surface area (Å²) in [5.74, 6) is -0.671. The smallest absolute Gasteiger partial charge is 0.227 e. The van der Waals surface area contributed by atoms with Crippen molar-refractivity contribution >= 4 is 5.91 Å². The number of hydrogen-bond donors (Lipinski definition) is 1. The molecule has 1 aliphatic carbocycles. The molecule has 0 bridgehead atoms. The number of amides is 1. The van der Waals surface area contributed by atoms with E-state index in [1.807, 2.05) is 30.3 Å². The quantitative estimate of drug-likeness (QED) is 0.846. The Labute approximate surface area is 170 Å². The highest BCUT2D eigenvalue weighted by Gasteiger charge is 2.53. The summed E-state index contributed by atoms with van der Waals surface area (Å²) in [6.45, 7) is -0.196. The molecule has 3 atom stereocenters. The average Bonchev–Trinajstić information content (AvgIpc) is 2.74. The summed E-state index contributed by atoms with van der Waals surface area (Å²) < 4.78 is 13.8. The molecule has 0 unspecified atom stereocenters. The van der Waals surface area contributed by atoms with Crippen molar-refractivity contribution < 1.29 is 14.3 Å². The van der Waals surface area contributed by atoms with Gasteiger partial charge in [0.25, 0.3) is 0 Å². The zero-order valence-electron chi connectivity index (χ0n) is 16.3. The van der Waals surface area contributed by atoms with Crippen LogP contribution in [0.2, 0.25) is 0 Å². The molecule has 5 heteroatoms. The van der Waals surface area contributed by atoms with Gasteiger partial charge in [-0.05, 0) is 41.7 Å². The number of benzene rings is 2. The molecule has 0 aromatic heterocycles. The van der Waals surface area contributed by atoms with Gasteiger partial charge < -0.3 is 10.0 Å². The Morgan fingerprint density at radius 3 is 2.59 bits per heavy atom. The lowest BCUT2D eigenvalue weighted by molar-refractivity contribution is -0.152. The molecule has 29 heavy (non-hydrogen) atoms. The maximum Gasteiger partial charge on any atom is 0.227 e. The number of carbonyl (C=O) groups is 1. The summed E-state index contributed by atoms with van der Waals surface area (Å²) in [4.78, 5) is 14.7. The molecular formula is C24H25FN2O2. The van der Waals surface area contributed by atoms with Crippen LogP contribution in [0.3, 0.4) is 0 Å². The molecule has 2 fully saturated rings. The predicted octanol–water partition coefficient (Wildman–Crippen LogP) is 4.25. The third-order valence-electron chi connectivity index (χ3n) is 6.40. The Balaban J connectivity index is 1.67. The van der Waals surface area contributed by atoms with E-state index in [1.165, 1.54) is 12.1 Å². The molecule has 4 rings (SSSR count). The van der Waals surface area contributed by atoms with Crippen LogP contribution in [0.4, 0.5) is 4.39 Å². The van der Waals surface area contributed by atoms with E-state index in [1.54, 1.807) is 11.0 Å². The van der Waals surface area contributed by atoms with Crippen LogP contribution in [-0.2, 0) is 4.79 Å². The summed E-state index contributed by atoms with van der Waals surface area (Å²) in [5, 5.41) is 20.0. The van der Waals surface area contributed by atoms with Gasteiger partial charge in [0.1, 0.15) is 11.9 Å². The van der Waals surface area contributed by atoms with Gasteiger partial charge >= 0.3 is 0 Å². The van der Waals surface area contributed by atoms with E-state index >= 15 is 0 Å². The number of likely N-dealkylation sites (tertiary alicyclic amines) is 1. The van der Waals surface area contributed by atoms with Gasteiger partial charge in [0.05, 0.1) is 18.7 Å². The van der Waals surface area contributed by atoms with Gasteiger partial charge in [-0.3, -0.25) is 4.79 Å². The lowest BCUT2D eigenvalue weighted by Gasteiger charge is -2.53. The molecule has 2 aromatic rings. The highest BCUT2D eigenvalue weighted by molar-refractivity contribution is 5.82. The first-order valence-corrected chi connectivity index (χ1v) is 10.3. The van der Waals surface area contributed by atoms with E-state index in [9.17, 15) is 19.6 Å². The Morgan fingerprint density at radius 1 is 1.14 bits per heavy atom. The number of halogens is 1. The van der Waals surface area contributed by atoms with Gasteiger partial charge in [0, 0.05) is 11.8 Å². The zero-order valence-corrected chi connectivity index (χ0v) is 16.3. The summed E-state index contributed by atoms with van der Waals surface area (Å²) in [5.41, 5.74) is 2.43. The van der Waals surface area contributed by atoms with E-state index in [0.29, 0.717) is 0 Å². The van der Waals surface area contributed by atoms with Gasteiger partial charge in [-0.15, -0.1) is 0 Å². The standard InChI is InChI=1S/C24H25FN2O2/c25-18-10-6-9-17(13-18)19-11-4-5-12-20(19)23-21(14-26)27(22(23)15-28)24(29)16-7-2-1-3-8-16/h4-6,9-13,16,21-23,28H,1-3,7-8,15H2/t21-,22+,23+/m0/s1. The Bertz CT molecular complexity index is 932. The molecular weight excluding hydrogens is 367 g/mol. The molecule has 1 amide bonds. The van der Waals surface area contributed by atoms with Crippen molar-refractivity contribution in [3.05, 3.63) is 59.9 Å². The van der Waals surface area contributed by atoms with E-state index in [-0.39, 0.29) is 30.2 Å². The van der Waals surface area contributed by atoms with E-state index in [2.05, 4.69) is 6.07 Å². The number of nitrogens with zero attached hydrogens (tertiary/aromatic N) is 2. The van der Waals surface area contributed by atoms with Crippen LogP contribution in [-0.4, -0.2) is 34.6 Å². The van der Waals surface area contributed by atoms with Crippen LogP contribution in [0.15, 0.2) is 48.5 Å². The topological polar surface area (TPSA) is 64.3 Å². The van der Waals surface area contributed by atoms with Gasteiger partial charge in [0.2, 0.25) is 5.91 Å². The molecule has 2 aromatic carbocycles. The molecule has 1 heterocycles. The second-order valence-electron chi connectivity index (χ2n) is 8.03. The van der Waals surface area contributed by atoms with Gasteiger partial charge in [-0.2, -0.15) is 5.26 Å². The minimum absolute atomic E-state index is 0.00483. The summed E-state index contributed by atoms with van der Waals surface area (Å²) in [7, 11) is 0. The van der Waals surface area contributed by atoms with Crippen LogP contribution < -0.4 is 0 Å². The zero-order chi connectivity index (χ0) is 20.4.